The summed E-state index contributed by atoms with van der Waals surface area (Å²) < 4.78 is 209. The van der Waals surface area contributed by atoms with Crippen molar-refractivity contribution in [2.75, 3.05) is 0 Å². The van der Waals surface area contributed by atoms with Gasteiger partial charge in [-0.3, -0.25) is 9.59 Å². The first-order chi connectivity index (χ1) is 34.8. The van der Waals surface area contributed by atoms with Crippen LogP contribution in [0.1, 0.15) is 99.3 Å². The number of rotatable bonds is 17. The Bertz CT molecular complexity index is 2850. The van der Waals surface area contributed by atoms with Gasteiger partial charge in [0.15, 0.2) is 0 Å². The highest BCUT2D eigenvalue weighted by atomic mass is 19.4. The minimum atomic E-state index is -5.95. The Hall–Kier alpha value is -7.05. The van der Waals surface area contributed by atoms with Crippen molar-refractivity contribution in [2.45, 2.75) is 101 Å². The molecule has 3 unspecified atom stereocenters. The van der Waals surface area contributed by atoms with E-state index in [9.17, 15) is 45.4 Å². The normalized spacial score (nSPS) is 14.6. The summed E-state index contributed by atoms with van der Waals surface area (Å²) in [6, 6.07) is 24.5. The third-order valence-corrected chi connectivity index (χ3v) is 13.5. The van der Waals surface area contributed by atoms with E-state index in [1.807, 2.05) is 0 Å². The van der Waals surface area contributed by atoms with Crippen LogP contribution in [0, 0.1) is 16.6 Å². The molecule has 3 atom stereocenters. The molecule has 0 aromatic heterocycles. The summed E-state index contributed by atoms with van der Waals surface area (Å²) in [6.45, 7) is 7.51. The first-order valence-electron chi connectivity index (χ1n) is 23.1. The number of benzene rings is 6. The summed E-state index contributed by atoms with van der Waals surface area (Å²) in [6.07, 6.45) is -24.7. The summed E-state index contributed by atoms with van der Waals surface area (Å²) in [4.78, 5) is 27.9. The Morgan fingerprint density at radius 3 is 1.24 bits per heavy atom. The average Bonchev–Trinajstić information content (AvgIpc) is 3.32. The Morgan fingerprint density at radius 1 is 0.480 bits per heavy atom. The Labute approximate surface area is 423 Å². The van der Waals surface area contributed by atoms with Crippen molar-refractivity contribution in [1.29, 1.82) is 0 Å². The van der Waals surface area contributed by atoms with Gasteiger partial charge in [0.25, 0.3) is 0 Å². The molecule has 1 N–H and O–H groups in total. The fraction of sp³-hybridized carbons (Fsp3) is 0.321. The number of phenols is 1. The van der Waals surface area contributed by atoms with E-state index in [2.05, 4.69) is 0 Å². The van der Waals surface area contributed by atoms with Gasteiger partial charge in [-0.2, -0.15) is 52.7 Å². The van der Waals surface area contributed by atoms with E-state index in [0.717, 1.165) is 48.5 Å². The molecule has 0 aliphatic rings. The molecule has 0 heterocycles. The maximum absolute atomic E-state index is 15.1. The van der Waals surface area contributed by atoms with E-state index in [-0.39, 0.29) is 25.0 Å². The van der Waals surface area contributed by atoms with Crippen LogP contribution in [0.3, 0.4) is 0 Å². The Morgan fingerprint density at radius 2 is 0.853 bits per heavy atom. The Balaban J connectivity index is 1.23. The third-order valence-electron chi connectivity index (χ3n) is 13.5. The predicted molar refractivity (Wildman–Crippen MR) is 251 cm³/mol. The van der Waals surface area contributed by atoms with Crippen molar-refractivity contribution in [3.8, 4) is 23.0 Å². The van der Waals surface area contributed by atoms with Crippen molar-refractivity contribution in [1.82, 2.24) is 0 Å². The number of carbonyl (C=O) groups excluding carboxylic acids is 2. The van der Waals surface area contributed by atoms with Crippen LogP contribution in [0.4, 0.5) is 57.1 Å². The van der Waals surface area contributed by atoms with E-state index >= 15 is 26.3 Å². The van der Waals surface area contributed by atoms with E-state index in [0.29, 0.717) is 71.8 Å². The lowest BCUT2D eigenvalue weighted by atomic mass is 9.71. The summed E-state index contributed by atoms with van der Waals surface area (Å²) in [5.41, 5.74) is -16.0. The monoisotopic (exact) mass is 1060 g/mol. The fourth-order valence-corrected chi connectivity index (χ4v) is 9.13. The predicted octanol–water partition coefficient (Wildman–Crippen LogP) is 16.0. The number of esters is 2. The lowest BCUT2D eigenvalue weighted by molar-refractivity contribution is -0.290. The lowest BCUT2D eigenvalue weighted by Crippen LogP contribution is -2.54. The molecule has 0 spiro atoms. The maximum Gasteiger partial charge on any atom is 0.411 e. The Kier molecular flexibility index (Phi) is 16.2. The smallest absolute Gasteiger partial charge is 0.411 e. The van der Waals surface area contributed by atoms with Gasteiger partial charge in [-0.05, 0) is 147 Å². The van der Waals surface area contributed by atoms with Gasteiger partial charge in [-0.15, -0.1) is 0 Å². The van der Waals surface area contributed by atoms with Crippen molar-refractivity contribution in [3.05, 3.63) is 191 Å². The molecule has 75 heavy (non-hydrogen) atoms. The molecule has 0 saturated heterocycles. The molecular weight excluding hydrogens is 1020 g/mol. The van der Waals surface area contributed by atoms with E-state index in [4.69, 9.17) is 14.2 Å². The molecule has 0 radical (unpaired) electrons. The molecule has 0 fully saturated rings. The fourth-order valence-electron chi connectivity index (χ4n) is 9.13. The second kappa shape index (κ2) is 21.3. The lowest BCUT2D eigenvalue weighted by Gasteiger charge is -2.38. The van der Waals surface area contributed by atoms with Gasteiger partial charge in [-0.25, -0.2) is 4.39 Å². The number of phenolic OH excluding ortho intramolecular Hbond substituents is 1. The second-order valence-corrected chi connectivity index (χ2v) is 19.0. The zero-order chi connectivity index (χ0) is 55.6. The molecule has 19 heteroatoms. The third kappa shape index (κ3) is 11.6. The summed E-state index contributed by atoms with van der Waals surface area (Å²) >= 11 is 0. The molecule has 6 aromatic rings. The zero-order valence-electron chi connectivity index (χ0n) is 40.6. The van der Waals surface area contributed by atoms with Gasteiger partial charge < -0.3 is 19.3 Å². The highest BCUT2D eigenvalue weighted by Crippen LogP contribution is 2.58. The quantitative estimate of drug-likeness (QED) is 0.0557. The summed E-state index contributed by atoms with van der Waals surface area (Å²) in [5.74, 6) is -4.92. The maximum atomic E-state index is 15.1. The minimum Gasteiger partial charge on any atom is -0.508 e. The number of alkyl halides is 12. The summed E-state index contributed by atoms with van der Waals surface area (Å²) in [7, 11) is 0. The van der Waals surface area contributed by atoms with E-state index < -0.39 is 116 Å². The van der Waals surface area contributed by atoms with Crippen LogP contribution in [0.5, 0.6) is 23.0 Å². The molecule has 0 aliphatic carbocycles. The molecule has 6 rings (SSSR count). The first kappa shape index (κ1) is 57.2. The average molecular weight is 1060 g/mol. The first-order valence-corrected chi connectivity index (χ1v) is 23.1. The highest BCUT2D eigenvalue weighted by Gasteiger charge is 2.73. The molecule has 6 aromatic carbocycles. The van der Waals surface area contributed by atoms with Crippen molar-refractivity contribution < 1.29 is 86.0 Å². The van der Waals surface area contributed by atoms with Crippen LogP contribution in [0.25, 0.3) is 0 Å². The van der Waals surface area contributed by atoms with Crippen LogP contribution in [0.15, 0.2) is 152 Å². The summed E-state index contributed by atoms with van der Waals surface area (Å²) in [5, 5.41) is 9.60. The van der Waals surface area contributed by atoms with Gasteiger partial charge in [-0.1, -0.05) is 97.9 Å². The SMILES string of the molecule is CCC(C)(CC(CC(C)(C)C(=O)Oc1ccc(C(c2ccc(OC(C)c3ccccc3)cc2)(C(F)(F)F)C(F)(F)F)cc1)c1ccc(F)cc1)C(=O)Oc1ccc(C(c2ccc(O)cc2)(C(F)(F)F)C(F)(F)F)cc1. The molecule has 0 bridgehead atoms. The van der Waals surface area contributed by atoms with Crippen LogP contribution < -0.4 is 14.2 Å². The minimum absolute atomic E-state index is 0.00522. The number of hydrogen-bond donors (Lipinski definition) is 1. The van der Waals surface area contributed by atoms with Crippen LogP contribution in [0.2, 0.25) is 0 Å². The molecule has 0 amide bonds. The van der Waals surface area contributed by atoms with Gasteiger partial charge in [0.05, 0.1) is 10.8 Å². The highest BCUT2D eigenvalue weighted by molar-refractivity contribution is 5.80. The molecule has 6 nitrogen and oxygen atoms in total. The standard InChI is InChI=1S/C56H49F13O6/c1-6-50(5,48(72)75-46-30-20-40(21-31-46)51(53(58,59)60,54(61,62)63)38-14-24-43(70)25-15-38)33-37(36-12-22-42(57)23-13-36)32-49(3,4)47(71)74-45-28-18-41(19-29-45)52(55(64,65)66,56(67,68)69)39-16-26-44(27-17-39)73-34(2)35-10-8-7-9-11-35/h7-31,34,37,70H,6,32-33H2,1-5H3. The zero-order valence-corrected chi connectivity index (χ0v) is 40.6. The van der Waals surface area contributed by atoms with Gasteiger partial charge >= 0.3 is 36.6 Å². The number of carbonyl (C=O) groups is 2. The molecule has 0 saturated carbocycles. The topological polar surface area (TPSA) is 82.1 Å². The van der Waals surface area contributed by atoms with E-state index in [1.165, 1.54) is 32.9 Å². The number of hydrogen-bond acceptors (Lipinski definition) is 6. The van der Waals surface area contributed by atoms with Crippen molar-refractivity contribution >= 4 is 11.9 Å². The number of aromatic hydroxyl groups is 1. The number of halogens is 13. The van der Waals surface area contributed by atoms with Crippen molar-refractivity contribution in [3.63, 3.8) is 0 Å². The van der Waals surface area contributed by atoms with Gasteiger partial charge in [0, 0.05) is 0 Å². The molecule has 0 aliphatic heterocycles. The largest absolute Gasteiger partial charge is 0.508 e. The van der Waals surface area contributed by atoms with E-state index in [1.54, 1.807) is 44.2 Å². The van der Waals surface area contributed by atoms with Gasteiger partial charge in [0.1, 0.15) is 34.9 Å². The van der Waals surface area contributed by atoms with Crippen LogP contribution in [-0.4, -0.2) is 41.8 Å². The second-order valence-electron chi connectivity index (χ2n) is 19.0. The van der Waals surface area contributed by atoms with Crippen LogP contribution in [-0.2, 0) is 20.4 Å². The van der Waals surface area contributed by atoms with Gasteiger partial charge in [0.2, 0.25) is 10.8 Å². The van der Waals surface area contributed by atoms with Crippen LogP contribution >= 0.6 is 0 Å². The molecular formula is C56H49F13O6. The van der Waals surface area contributed by atoms with Crippen molar-refractivity contribution in [2.24, 2.45) is 10.8 Å². The number of ether oxygens (including phenoxy) is 3. The molecule has 400 valence electrons.